The standard InChI is InChI=1S/C18H14FN.ClH/c19-10-16(20)14-8-6-13-5-4-11-2-1-3-12-7-9-15(14)18(13)17(11)12;/h1-9,16H,10,20H2;1H/t16-;/m0./s1. The van der Waals surface area contributed by atoms with E-state index >= 15 is 0 Å². The zero-order valence-corrected chi connectivity index (χ0v) is 12.2. The van der Waals surface area contributed by atoms with Crippen LogP contribution in [0.25, 0.3) is 32.3 Å². The van der Waals surface area contributed by atoms with Crippen LogP contribution in [0.15, 0.2) is 54.6 Å². The third-order valence-corrected chi connectivity index (χ3v) is 4.13. The second-order valence-electron chi connectivity index (χ2n) is 5.27. The molecule has 0 aromatic heterocycles. The molecule has 0 spiro atoms. The van der Waals surface area contributed by atoms with Crippen LogP contribution in [0, 0.1) is 0 Å². The summed E-state index contributed by atoms with van der Waals surface area (Å²) < 4.78 is 13.0. The van der Waals surface area contributed by atoms with Gasteiger partial charge in [-0.2, -0.15) is 0 Å². The fourth-order valence-corrected chi connectivity index (χ4v) is 3.16. The number of benzene rings is 4. The quantitative estimate of drug-likeness (QED) is 0.519. The molecule has 4 aromatic carbocycles. The summed E-state index contributed by atoms with van der Waals surface area (Å²) >= 11 is 0. The van der Waals surface area contributed by atoms with Crippen LogP contribution in [0.3, 0.4) is 0 Å². The number of alkyl halides is 1. The predicted molar refractivity (Wildman–Crippen MR) is 90.3 cm³/mol. The monoisotopic (exact) mass is 299 g/mol. The van der Waals surface area contributed by atoms with Gasteiger partial charge in [-0.1, -0.05) is 54.6 Å². The minimum Gasteiger partial charge on any atom is -0.322 e. The van der Waals surface area contributed by atoms with Crippen molar-refractivity contribution in [3.05, 3.63) is 60.2 Å². The van der Waals surface area contributed by atoms with Crippen molar-refractivity contribution in [3.63, 3.8) is 0 Å². The summed E-state index contributed by atoms with van der Waals surface area (Å²) in [5.41, 5.74) is 6.80. The Bertz CT molecular complexity index is 903. The van der Waals surface area contributed by atoms with Gasteiger partial charge in [0, 0.05) is 0 Å². The number of hydrogen-bond donors (Lipinski definition) is 1. The van der Waals surface area contributed by atoms with Gasteiger partial charge in [0.1, 0.15) is 6.67 Å². The Hall–Kier alpha value is -1.90. The molecule has 21 heavy (non-hydrogen) atoms. The zero-order chi connectivity index (χ0) is 13.7. The molecule has 0 amide bonds. The summed E-state index contributed by atoms with van der Waals surface area (Å²) in [4.78, 5) is 0. The molecule has 0 fully saturated rings. The van der Waals surface area contributed by atoms with Crippen LogP contribution in [-0.2, 0) is 0 Å². The summed E-state index contributed by atoms with van der Waals surface area (Å²) in [6.45, 7) is -0.538. The molecule has 4 rings (SSSR count). The van der Waals surface area contributed by atoms with Crippen molar-refractivity contribution in [1.29, 1.82) is 0 Å². The van der Waals surface area contributed by atoms with Gasteiger partial charge >= 0.3 is 0 Å². The highest BCUT2D eigenvalue weighted by Gasteiger charge is 2.14. The molecule has 0 saturated heterocycles. The molecule has 2 N–H and O–H groups in total. The van der Waals surface area contributed by atoms with Crippen molar-refractivity contribution >= 4 is 44.7 Å². The van der Waals surface area contributed by atoms with Crippen molar-refractivity contribution in [2.45, 2.75) is 6.04 Å². The minimum atomic E-state index is -0.556. The topological polar surface area (TPSA) is 26.0 Å². The van der Waals surface area contributed by atoms with Gasteiger partial charge in [0.15, 0.2) is 0 Å². The number of hydrogen-bond acceptors (Lipinski definition) is 1. The van der Waals surface area contributed by atoms with Gasteiger partial charge in [0.2, 0.25) is 0 Å². The number of nitrogens with two attached hydrogens (primary N) is 1. The van der Waals surface area contributed by atoms with Crippen LogP contribution >= 0.6 is 12.4 Å². The van der Waals surface area contributed by atoms with E-state index in [0.717, 1.165) is 10.9 Å². The van der Waals surface area contributed by atoms with E-state index in [1.165, 1.54) is 26.9 Å². The molecule has 0 aliphatic rings. The lowest BCUT2D eigenvalue weighted by Gasteiger charge is -2.16. The Balaban J connectivity index is 0.00000132. The second-order valence-corrected chi connectivity index (χ2v) is 5.27. The Kier molecular flexibility index (Phi) is 3.44. The highest BCUT2D eigenvalue weighted by molar-refractivity contribution is 6.23. The molecule has 106 valence electrons. The van der Waals surface area contributed by atoms with Gasteiger partial charge in [-0.25, -0.2) is 4.39 Å². The summed E-state index contributed by atoms with van der Waals surface area (Å²) in [7, 11) is 0. The molecule has 0 heterocycles. The van der Waals surface area contributed by atoms with Crippen molar-refractivity contribution in [2.75, 3.05) is 6.67 Å². The van der Waals surface area contributed by atoms with E-state index in [4.69, 9.17) is 5.73 Å². The molecular formula is C18H15ClFN. The van der Waals surface area contributed by atoms with Crippen LogP contribution in [0.2, 0.25) is 0 Å². The third kappa shape index (κ3) is 1.95. The molecule has 3 heteroatoms. The maximum absolute atomic E-state index is 13.0. The molecule has 0 bridgehead atoms. The van der Waals surface area contributed by atoms with E-state index < -0.39 is 12.7 Å². The number of halogens is 2. The maximum Gasteiger partial charge on any atom is 0.109 e. The van der Waals surface area contributed by atoms with Gasteiger partial charge in [-0.05, 0) is 37.9 Å². The van der Waals surface area contributed by atoms with Crippen molar-refractivity contribution in [3.8, 4) is 0 Å². The van der Waals surface area contributed by atoms with Gasteiger partial charge in [0.05, 0.1) is 6.04 Å². The van der Waals surface area contributed by atoms with Gasteiger partial charge in [0.25, 0.3) is 0 Å². The van der Waals surface area contributed by atoms with Crippen LogP contribution in [0.5, 0.6) is 0 Å². The first-order valence-electron chi connectivity index (χ1n) is 6.77. The van der Waals surface area contributed by atoms with E-state index in [2.05, 4.69) is 42.5 Å². The van der Waals surface area contributed by atoms with E-state index in [9.17, 15) is 4.39 Å². The molecule has 0 aliphatic carbocycles. The molecule has 0 radical (unpaired) electrons. The van der Waals surface area contributed by atoms with Crippen LogP contribution in [-0.4, -0.2) is 6.67 Å². The Morgan fingerprint density at radius 1 is 0.810 bits per heavy atom. The van der Waals surface area contributed by atoms with E-state index in [1.54, 1.807) is 0 Å². The largest absolute Gasteiger partial charge is 0.322 e. The van der Waals surface area contributed by atoms with Crippen LogP contribution in [0.1, 0.15) is 11.6 Å². The maximum atomic E-state index is 13.0. The Morgan fingerprint density at radius 2 is 1.38 bits per heavy atom. The first-order chi connectivity index (χ1) is 9.79. The SMILES string of the molecule is Cl.N[C@@H](CF)c1ccc2ccc3cccc4ccc1c2c34. The highest BCUT2D eigenvalue weighted by atomic mass is 35.5. The smallest absolute Gasteiger partial charge is 0.109 e. The molecule has 0 unspecified atom stereocenters. The first-order valence-corrected chi connectivity index (χ1v) is 6.77. The zero-order valence-electron chi connectivity index (χ0n) is 11.3. The van der Waals surface area contributed by atoms with E-state index in [-0.39, 0.29) is 12.4 Å². The average Bonchev–Trinajstić information content (AvgIpc) is 2.51. The lowest BCUT2D eigenvalue weighted by atomic mass is 9.90. The fourth-order valence-electron chi connectivity index (χ4n) is 3.16. The summed E-state index contributed by atoms with van der Waals surface area (Å²) in [5, 5.41) is 7.12. The minimum absolute atomic E-state index is 0. The highest BCUT2D eigenvalue weighted by Crippen LogP contribution is 2.37. The molecule has 0 aliphatic heterocycles. The summed E-state index contributed by atoms with van der Waals surface area (Å²) in [6.07, 6.45) is 0. The average molecular weight is 300 g/mol. The van der Waals surface area contributed by atoms with E-state index in [1.807, 2.05) is 12.1 Å². The molecule has 0 saturated carbocycles. The van der Waals surface area contributed by atoms with Crippen molar-refractivity contribution in [1.82, 2.24) is 0 Å². The van der Waals surface area contributed by atoms with Crippen LogP contribution < -0.4 is 5.73 Å². The third-order valence-electron chi connectivity index (χ3n) is 4.13. The summed E-state index contributed by atoms with van der Waals surface area (Å²) in [6, 6.07) is 18.1. The lowest BCUT2D eigenvalue weighted by molar-refractivity contribution is 0.438. The first kappa shape index (κ1) is 14.1. The Morgan fingerprint density at radius 3 is 2.05 bits per heavy atom. The summed E-state index contributed by atoms with van der Waals surface area (Å²) in [5.74, 6) is 0. The molecule has 1 atom stereocenters. The molecule has 1 nitrogen and oxygen atoms in total. The van der Waals surface area contributed by atoms with Gasteiger partial charge < -0.3 is 5.73 Å². The predicted octanol–water partition coefficient (Wildman–Crippen LogP) is 4.98. The van der Waals surface area contributed by atoms with E-state index in [0.29, 0.717) is 0 Å². The van der Waals surface area contributed by atoms with Crippen molar-refractivity contribution < 1.29 is 4.39 Å². The van der Waals surface area contributed by atoms with Gasteiger partial charge in [-0.15, -0.1) is 12.4 Å². The van der Waals surface area contributed by atoms with Crippen molar-refractivity contribution in [2.24, 2.45) is 5.73 Å². The van der Waals surface area contributed by atoms with Gasteiger partial charge in [-0.3, -0.25) is 0 Å². The number of rotatable bonds is 2. The lowest BCUT2D eigenvalue weighted by Crippen LogP contribution is -2.12. The fraction of sp³-hybridized carbons (Fsp3) is 0.111. The Labute approximate surface area is 128 Å². The molecule has 4 aromatic rings. The second kappa shape index (κ2) is 5.14. The van der Waals surface area contributed by atoms with Crippen LogP contribution in [0.4, 0.5) is 4.39 Å². The molecular weight excluding hydrogens is 285 g/mol. The normalized spacial score (nSPS) is 12.9.